The Balaban J connectivity index is 2.30. The van der Waals surface area contributed by atoms with Crippen LogP contribution in [-0.4, -0.2) is 18.6 Å². The van der Waals surface area contributed by atoms with Gasteiger partial charge in [-0.15, -0.1) is 0 Å². The summed E-state index contributed by atoms with van der Waals surface area (Å²) < 4.78 is 12.8. The van der Waals surface area contributed by atoms with Crippen molar-refractivity contribution in [3.05, 3.63) is 35.6 Å². The third kappa shape index (κ3) is 5.80. The predicted molar refractivity (Wildman–Crippen MR) is 70.6 cm³/mol. The average Bonchev–Trinajstić information content (AvgIpc) is 2.24. The van der Waals surface area contributed by atoms with Gasteiger partial charge in [0.1, 0.15) is 5.82 Å². The molecular formula is C14H23FN2. The first-order chi connectivity index (χ1) is 7.88. The Bertz CT molecular complexity index is 327. The minimum absolute atomic E-state index is 0.154. The third-order valence-corrected chi connectivity index (χ3v) is 2.60. The lowest BCUT2D eigenvalue weighted by Gasteiger charge is -2.22. The SMILES string of the molecule is C[C@H](NCCNC(C)(C)C)c1ccc(F)cc1. The first-order valence-electron chi connectivity index (χ1n) is 6.12. The minimum Gasteiger partial charge on any atom is -0.311 e. The predicted octanol–water partition coefficient (Wildman–Crippen LogP) is 2.86. The van der Waals surface area contributed by atoms with Crippen LogP contribution >= 0.6 is 0 Å². The summed E-state index contributed by atoms with van der Waals surface area (Å²) in [6, 6.07) is 6.90. The first-order valence-corrected chi connectivity index (χ1v) is 6.12. The molecule has 0 aromatic heterocycles. The molecule has 0 spiro atoms. The second-order valence-electron chi connectivity index (χ2n) is 5.40. The maximum Gasteiger partial charge on any atom is 0.123 e. The highest BCUT2D eigenvalue weighted by Crippen LogP contribution is 2.12. The fourth-order valence-electron chi connectivity index (χ4n) is 1.60. The molecule has 2 nitrogen and oxygen atoms in total. The molecule has 1 aromatic rings. The molecule has 0 amide bonds. The molecule has 3 heteroatoms. The van der Waals surface area contributed by atoms with E-state index in [4.69, 9.17) is 0 Å². The molecule has 0 aliphatic heterocycles. The van der Waals surface area contributed by atoms with Gasteiger partial charge >= 0.3 is 0 Å². The van der Waals surface area contributed by atoms with Gasteiger partial charge in [0.15, 0.2) is 0 Å². The summed E-state index contributed by atoms with van der Waals surface area (Å²) >= 11 is 0. The van der Waals surface area contributed by atoms with Crippen molar-refractivity contribution in [2.75, 3.05) is 13.1 Å². The van der Waals surface area contributed by atoms with E-state index < -0.39 is 0 Å². The second-order valence-corrected chi connectivity index (χ2v) is 5.40. The van der Waals surface area contributed by atoms with Crippen LogP contribution in [0.3, 0.4) is 0 Å². The van der Waals surface area contributed by atoms with Crippen LogP contribution in [0.25, 0.3) is 0 Å². The summed E-state index contributed by atoms with van der Waals surface area (Å²) in [5.41, 5.74) is 1.27. The highest BCUT2D eigenvalue weighted by molar-refractivity contribution is 5.19. The lowest BCUT2D eigenvalue weighted by molar-refractivity contribution is 0.414. The largest absolute Gasteiger partial charge is 0.311 e. The van der Waals surface area contributed by atoms with Gasteiger partial charge in [0.05, 0.1) is 0 Å². The zero-order chi connectivity index (χ0) is 12.9. The molecule has 0 radical (unpaired) electrons. The Labute approximate surface area is 104 Å². The molecule has 1 rings (SSSR count). The molecule has 0 unspecified atom stereocenters. The van der Waals surface area contributed by atoms with Crippen molar-refractivity contribution in [3.63, 3.8) is 0 Å². The van der Waals surface area contributed by atoms with Crippen molar-refractivity contribution in [1.29, 1.82) is 0 Å². The van der Waals surface area contributed by atoms with E-state index in [1.165, 1.54) is 12.1 Å². The van der Waals surface area contributed by atoms with E-state index in [-0.39, 0.29) is 17.4 Å². The van der Waals surface area contributed by atoms with Crippen LogP contribution in [0.4, 0.5) is 4.39 Å². The summed E-state index contributed by atoms with van der Waals surface area (Å²) in [6.45, 7) is 10.4. The number of hydrogen-bond acceptors (Lipinski definition) is 2. The van der Waals surface area contributed by atoms with Gasteiger partial charge in [0.25, 0.3) is 0 Å². The Morgan fingerprint density at radius 1 is 1.12 bits per heavy atom. The molecule has 0 fully saturated rings. The van der Waals surface area contributed by atoms with Gasteiger partial charge in [-0.25, -0.2) is 4.39 Å². The van der Waals surface area contributed by atoms with E-state index in [0.717, 1.165) is 18.7 Å². The van der Waals surface area contributed by atoms with Crippen LogP contribution in [0, 0.1) is 5.82 Å². The molecule has 0 heterocycles. The molecule has 96 valence electrons. The number of hydrogen-bond donors (Lipinski definition) is 2. The van der Waals surface area contributed by atoms with Crippen molar-refractivity contribution in [2.24, 2.45) is 0 Å². The molecular weight excluding hydrogens is 215 g/mol. The van der Waals surface area contributed by atoms with E-state index in [2.05, 4.69) is 38.3 Å². The monoisotopic (exact) mass is 238 g/mol. The molecule has 0 aliphatic rings. The van der Waals surface area contributed by atoms with Crippen LogP contribution in [0.2, 0.25) is 0 Å². The summed E-state index contributed by atoms with van der Waals surface area (Å²) in [6.07, 6.45) is 0. The van der Waals surface area contributed by atoms with Crippen molar-refractivity contribution in [3.8, 4) is 0 Å². The topological polar surface area (TPSA) is 24.1 Å². The molecule has 1 atom stereocenters. The summed E-state index contributed by atoms with van der Waals surface area (Å²) in [4.78, 5) is 0. The number of halogens is 1. The van der Waals surface area contributed by atoms with Crippen molar-refractivity contribution < 1.29 is 4.39 Å². The number of rotatable bonds is 5. The highest BCUT2D eigenvalue weighted by Gasteiger charge is 2.08. The Morgan fingerprint density at radius 3 is 2.24 bits per heavy atom. The molecule has 17 heavy (non-hydrogen) atoms. The fraction of sp³-hybridized carbons (Fsp3) is 0.571. The van der Waals surface area contributed by atoms with Gasteiger partial charge in [0, 0.05) is 24.7 Å². The molecule has 0 bridgehead atoms. The molecule has 0 saturated heterocycles. The number of benzene rings is 1. The zero-order valence-corrected chi connectivity index (χ0v) is 11.2. The van der Waals surface area contributed by atoms with E-state index in [1.54, 1.807) is 0 Å². The molecule has 0 aliphatic carbocycles. The normalized spacial score (nSPS) is 13.7. The lowest BCUT2D eigenvalue weighted by Crippen LogP contribution is -2.40. The van der Waals surface area contributed by atoms with Crippen LogP contribution in [0.1, 0.15) is 39.3 Å². The van der Waals surface area contributed by atoms with Gasteiger partial charge in [-0.3, -0.25) is 0 Å². The Hall–Kier alpha value is -0.930. The minimum atomic E-state index is -0.185. The smallest absolute Gasteiger partial charge is 0.123 e. The molecule has 0 saturated carbocycles. The van der Waals surface area contributed by atoms with Crippen molar-refractivity contribution in [1.82, 2.24) is 10.6 Å². The lowest BCUT2D eigenvalue weighted by atomic mass is 10.1. The van der Waals surface area contributed by atoms with Crippen LogP contribution in [0.5, 0.6) is 0 Å². The van der Waals surface area contributed by atoms with Crippen LogP contribution < -0.4 is 10.6 Å². The summed E-state index contributed by atoms with van der Waals surface area (Å²) in [7, 11) is 0. The van der Waals surface area contributed by atoms with Crippen LogP contribution in [0.15, 0.2) is 24.3 Å². The number of nitrogens with one attached hydrogen (secondary N) is 2. The Morgan fingerprint density at radius 2 is 1.71 bits per heavy atom. The van der Waals surface area contributed by atoms with Gasteiger partial charge < -0.3 is 10.6 Å². The fourth-order valence-corrected chi connectivity index (χ4v) is 1.60. The van der Waals surface area contributed by atoms with E-state index in [0.29, 0.717) is 0 Å². The van der Waals surface area contributed by atoms with E-state index in [9.17, 15) is 4.39 Å². The molecule has 1 aromatic carbocycles. The zero-order valence-electron chi connectivity index (χ0n) is 11.2. The molecule has 2 N–H and O–H groups in total. The Kier molecular flexibility index (Phi) is 5.09. The standard InChI is InChI=1S/C14H23FN2/c1-11(12-5-7-13(15)8-6-12)16-9-10-17-14(2,3)4/h5-8,11,16-17H,9-10H2,1-4H3/t11-/m0/s1. The highest BCUT2D eigenvalue weighted by atomic mass is 19.1. The van der Waals surface area contributed by atoms with Crippen molar-refractivity contribution >= 4 is 0 Å². The van der Waals surface area contributed by atoms with E-state index in [1.807, 2.05) is 12.1 Å². The van der Waals surface area contributed by atoms with Crippen molar-refractivity contribution in [2.45, 2.75) is 39.3 Å². The summed E-state index contributed by atoms with van der Waals surface area (Å²) in [5.74, 6) is -0.185. The maximum atomic E-state index is 12.8. The van der Waals surface area contributed by atoms with E-state index >= 15 is 0 Å². The third-order valence-electron chi connectivity index (χ3n) is 2.60. The van der Waals surface area contributed by atoms with Gasteiger partial charge in [0.2, 0.25) is 0 Å². The summed E-state index contributed by atoms with van der Waals surface area (Å²) in [5, 5.41) is 6.82. The van der Waals surface area contributed by atoms with Crippen LogP contribution in [-0.2, 0) is 0 Å². The van der Waals surface area contributed by atoms with Gasteiger partial charge in [-0.05, 0) is 45.4 Å². The first kappa shape index (κ1) is 14.1. The van der Waals surface area contributed by atoms with Gasteiger partial charge in [-0.1, -0.05) is 12.1 Å². The maximum absolute atomic E-state index is 12.8. The quantitative estimate of drug-likeness (QED) is 0.771. The van der Waals surface area contributed by atoms with Gasteiger partial charge in [-0.2, -0.15) is 0 Å². The average molecular weight is 238 g/mol. The second kappa shape index (κ2) is 6.12.